The number of cyclic esters (lactones) is 2. The van der Waals surface area contributed by atoms with E-state index in [1.54, 1.807) is 0 Å². The minimum absolute atomic E-state index is 0.250. The van der Waals surface area contributed by atoms with E-state index in [0.717, 1.165) is 0 Å². The molecule has 2 saturated heterocycles. The van der Waals surface area contributed by atoms with Crippen LogP contribution in [-0.2, 0) is 47.4 Å². The van der Waals surface area contributed by atoms with E-state index in [-0.39, 0.29) is 12.1 Å². The molecule has 0 spiro atoms. The van der Waals surface area contributed by atoms with Crippen LogP contribution in [0, 0.1) is 0 Å². The van der Waals surface area contributed by atoms with E-state index in [1.807, 2.05) is 0 Å². The molecule has 44 heteroatoms. The van der Waals surface area contributed by atoms with Gasteiger partial charge in [0, 0.05) is 27.8 Å². The maximum Gasteiger partial charge on any atom is 0.343 e. The molecule has 8 aromatic rings. The van der Waals surface area contributed by atoms with Gasteiger partial charge in [-0.3, -0.25) is 0 Å². The van der Waals surface area contributed by atoms with Crippen LogP contribution in [0.2, 0.25) is 0 Å². The van der Waals surface area contributed by atoms with Crippen molar-refractivity contribution in [2.45, 2.75) is 61.4 Å². The van der Waals surface area contributed by atoms with Crippen LogP contribution in [-0.4, -0.2) is 250 Å². The molecule has 0 bridgehead atoms. The van der Waals surface area contributed by atoms with E-state index in [9.17, 15) is 156 Å². The van der Waals surface area contributed by atoms with Crippen molar-refractivity contribution in [1.82, 2.24) is 0 Å². The van der Waals surface area contributed by atoms with Gasteiger partial charge in [-0.15, -0.1) is 0 Å². The quantitative estimate of drug-likeness (QED) is 0.0640. The minimum atomic E-state index is -2.89. The summed E-state index contributed by atoms with van der Waals surface area (Å²) in [7, 11) is 0. The fourth-order valence-electron chi connectivity index (χ4n) is 12.5. The molecule has 0 aliphatic carbocycles. The van der Waals surface area contributed by atoms with Crippen molar-refractivity contribution in [2.75, 3.05) is 13.2 Å². The summed E-state index contributed by atoms with van der Waals surface area (Å²) in [6.45, 7) is -2.76. The lowest BCUT2D eigenvalue weighted by molar-refractivity contribution is -0.284. The number of esters is 8. The molecule has 0 amide bonds. The molecule has 5 aliphatic rings. The molecule has 5 aliphatic heterocycles. The fraction of sp³-hybridized carbons (Fsp3) is 0.176. The third-order valence-electron chi connectivity index (χ3n) is 17.9. The molecular weight excluding hydrogens is 1520 g/mol. The molecule has 0 unspecified atom stereocenters. The molecule has 0 saturated carbocycles. The maximum absolute atomic E-state index is 15.8. The number of phenols is 23. The van der Waals surface area contributed by atoms with Crippen LogP contribution < -0.4 is 4.74 Å². The molecule has 25 N–H and O–H groups in total. The van der Waals surface area contributed by atoms with E-state index in [0.29, 0.717) is 42.5 Å². The number of aromatic hydroxyl groups is 23. The first kappa shape index (κ1) is 74.8. The highest BCUT2D eigenvalue weighted by Crippen LogP contribution is 2.60. The van der Waals surface area contributed by atoms with Gasteiger partial charge in [0.1, 0.15) is 37.1 Å². The highest BCUT2D eigenvalue weighted by Gasteiger charge is 2.57. The van der Waals surface area contributed by atoms with Crippen molar-refractivity contribution >= 4 is 47.8 Å². The first-order chi connectivity index (χ1) is 52.7. The zero-order valence-corrected chi connectivity index (χ0v) is 54.8. The van der Waals surface area contributed by atoms with Crippen molar-refractivity contribution in [1.29, 1.82) is 0 Å². The number of carbonyl (C=O) groups is 8. The number of hydrogen-bond acceptors (Lipinski definition) is 44. The third kappa shape index (κ3) is 12.0. The van der Waals surface area contributed by atoms with Gasteiger partial charge in [0.05, 0.1) is 44.5 Å². The number of aliphatic hydroxyl groups is 2. The predicted molar refractivity (Wildman–Crippen MR) is 344 cm³/mol. The summed E-state index contributed by atoms with van der Waals surface area (Å²) in [5, 5.41) is 276. The number of phenolic OH excluding ortho intramolecular Hbond substituents is 23. The lowest BCUT2D eigenvalue weighted by Crippen LogP contribution is -2.63. The van der Waals surface area contributed by atoms with Crippen molar-refractivity contribution in [2.24, 2.45) is 0 Å². The van der Waals surface area contributed by atoms with Gasteiger partial charge in [-0.25, -0.2) is 38.4 Å². The third-order valence-corrected chi connectivity index (χ3v) is 17.9. The lowest BCUT2D eigenvalue weighted by Gasteiger charge is -2.44. The van der Waals surface area contributed by atoms with Gasteiger partial charge in [-0.05, 0) is 54.6 Å². The van der Waals surface area contributed by atoms with Gasteiger partial charge in [-0.1, -0.05) is 0 Å². The predicted octanol–water partition coefficient (Wildman–Crippen LogP) is 1.75. The summed E-state index contributed by atoms with van der Waals surface area (Å²) in [6, 6.07) is 3.18. The molecule has 10 atom stereocenters. The Hall–Kier alpha value is -15.4. The standard InChI is InChI=1S/C68H48O44/c69-19-1-12(2-20(70)37(19)77)60(94)112-68-58-57(110-64(98)17-8-25(75)41(81)46(86)32(17)33-18(65(99)111-58)9-26(76)42(82)47(33)87)54-29(106-68)11-103-62(96)15-6-23(73)43(83)48(88)34(15)35-36(66(100)108-54)55(51(91)50(90)49(35)89)104-27-4-13(3-21(71)38(27)78)59(93)109-56-52(92)53-28(105-67(56)101)10-102-61(95)14-5-22(72)39(79)44(84)30(14)31-16(63(97)107-53)7-24(74)40(80)45(31)85/h1-9,28-29,52-54,56-58,67-92,101H,10-11H2/t28-,29+,52-,53+,54-,56+,57+,58+,67+,68-/m0/s1. The Morgan fingerprint density at radius 3 is 1.09 bits per heavy atom. The van der Waals surface area contributed by atoms with Crippen LogP contribution >= 0.6 is 0 Å². The van der Waals surface area contributed by atoms with Gasteiger partial charge in [0.2, 0.25) is 58.4 Å². The molecule has 2 fully saturated rings. The zero-order valence-electron chi connectivity index (χ0n) is 54.8. The maximum atomic E-state index is 15.8. The number of carbonyl (C=O) groups excluding carboxylic acids is 8. The molecule has 584 valence electrons. The Morgan fingerprint density at radius 2 is 0.652 bits per heavy atom. The first-order valence-corrected chi connectivity index (χ1v) is 31.2. The SMILES string of the molecule is O=C(O[C@@H]1O[C@@H]2COC(=O)c3cc(O)c(O)c(O)c3-c3c(O)c(O)c(O)c(Oc4cc(C(=O)O[C@@H]5[C@@H](O)[C@@H]6OC(=O)c7cc(O)c(O)c(O)c7-c7c(cc(O)c(O)c7O)C(=O)OC[C@@H]6O[C@H]5O)cc(O)c4O)c3C(=O)O[C@@H]2[C@H]2OC(=O)c3cc(O)c(O)c(O)c3-c3c(cc(O)c(O)c3O)C(=O)O[C@@H]12)c1cc(O)c(O)c(O)c1. The van der Waals surface area contributed by atoms with Crippen LogP contribution in [0.4, 0.5) is 0 Å². The van der Waals surface area contributed by atoms with E-state index in [2.05, 4.69) is 0 Å². The Balaban J connectivity index is 0.922. The average molecular weight is 1570 g/mol. The second-order valence-corrected chi connectivity index (χ2v) is 24.6. The van der Waals surface area contributed by atoms with Crippen LogP contribution in [0.5, 0.6) is 144 Å². The largest absolute Gasteiger partial charge is 0.504 e. The van der Waals surface area contributed by atoms with E-state index in [1.165, 1.54) is 0 Å². The van der Waals surface area contributed by atoms with Gasteiger partial charge in [-0.2, -0.15) is 0 Å². The summed E-state index contributed by atoms with van der Waals surface area (Å²) < 4.78 is 61.5. The highest BCUT2D eigenvalue weighted by molar-refractivity contribution is 6.12. The monoisotopic (exact) mass is 1570 g/mol. The summed E-state index contributed by atoms with van der Waals surface area (Å²) >= 11 is 0. The van der Waals surface area contributed by atoms with E-state index >= 15 is 9.59 Å². The van der Waals surface area contributed by atoms with Crippen molar-refractivity contribution in [3.05, 3.63) is 99.1 Å². The molecule has 44 nitrogen and oxygen atoms in total. The van der Waals surface area contributed by atoms with Gasteiger partial charge < -0.3 is 180 Å². The minimum Gasteiger partial charge on any atom is -0.504 e. The second-order valence-electron chi connectivity index (χ2n) is 24.6. The Morgan fingerprint density at radius 1 is 0.312 bits per heavy atom. The lowest BCUT2D eigenvalue weighted by atomic mass is 9.90. The normalized spacial score (nSPS) is 21.3. The van der Waals surface area contributed by atoms with Gasteiger partial charge in [0.25, 0.3) is 0 Å². The number of aliphatic hydroxyl groups excluding tert-OH is 2. The highest BCUT2D eigenvalue weighted by atomic mass is 16.8. The molecule has 8 aromatic carbocycles. The fourth-order valence-corrected chi connectivity index (χ4v) is 12.5. The van der Waals surface area contributed by atoms with Crippen LogP contribution in [0.25, 0.3) is 33.4 Å². The number of hydrogen-bond donors (Lipinski definition) is 25. The molecule has 0 aromatic heterocycles. The molecule has 112 heavy (non-hydrogen) atoms. The van der Waals surface area contributed by atoms with Crippen LogP contribution in [0.15, 0.2) is 54.6 Å². The van der Waals surface area contributed by atoms with Crippen molar-refractivity contribution < 1.29 is 218 Å². The van der Waals surface area contributed by atoms with Crippen LogP contribution in [0.1, 0.15) is 82.9 Å². The second kappa shape index (κ2) is 27.1. The molecule has 5 heterocycles. The number of benzene rings is 8. The first-order valence-electron chi connectivity index (χ1n) is 31.2. The zero-order chi connectivity index (χ0) is 81.5. The average Bonchev–Trinajstić information content (AvgIpc) is 1.17. The smallest absolute Gasteiger partial charge is 0.343 e. The van der Waals surface area contributed by atoms with E-state index in [4.69, 9.17) is 52.1 Å². The van der Waals surface area contributed by atoms with E-state index < -0.39 is 344 Å². The molecule has 13 rings (SSSR count). The number of ether oxygens (including phenoxy) is 11. The topological polar surface area (TPSA) is 744 Å². The molecular formula is C68H48O44. The Labute approximate surface area is 614 Å². The summed E-state index contributed by atoms with van der Waals surface area (Å²) in [4.78, 5) is 117. The molecule has 0 radical (unpaired) electrons. The van der Waals surface area contributed by atoms with Crippen molar-refractivity contribution in [3.8, 4) is 177 Å². The van der Waals surface area contributed by atoms with Crippen LogP contribution in [0.3, 0.4) is 0 Å². The van der Waals surface area contributed by atoms with Crippen molar-refractivity contribution in [3.63, 3.8) is 0 Å². The van der Waals surface area contributed by atoms with Gasteiger partial charge in [0.15, 0.2) is 128 Å². The number of fused-ring (bicyclic) bond motifs is 13. The summed E-state index contributed by atoms with van der Waals surface area (Å²) in [6.07, 6.45) is -26.3. The summed E-state index contributed by atoms with van der Waals surface area (Å²) in [5.74, 6) is -53.4. The number of rotatable bonds is 6. The summed E-state index contributed by atoms with van der Waals surface area (Å²) in [5.41, 5.74) is -17.6. The Bertz CT molecular complexity index is 5480. The Kier molecular flexibility index (Phi) is 18.1. The van der Waals surface area contributed by atoms with Gasteiger partial charge >= 0.3 is 47.8 Å².